The van der Waals surface area contributed by atoms with Crippen molar-refractivity contribution in [1.29, 1.82) is 0 Å². The number of primary sulfonamides is 1. The van der Waals surface area contributed by atoms with Crippen molar-refractivity contribution in [3.63, 3.8) is 0 Å². The Balaban J connectivity index is 1.94. The summed E-state index contributed by atoms with van der Waals surface area (Å²) in [4.78, 5) is 5.40. The third-order valence-corrected chi connectivity index (χ3v) is 5.40. The lowest BCUT2D eigenvalue weighted by atomic mass is 9.57. The largest absolute Gasteiger partial charge is 0.433 e. The molecule has 2 heterocycles. The van der Waals surface area contributed by atoms with E-state index in [1.54, 1.807) is 0 Å². The number of aromatic nitrogens is 1. The van der Waals surface area contributed by atoms with E-state index in [0.717, 1.165) is 19.2 Å². The Labute approximate surface area is 126 Å². The second-order valence-electron chi connectivity index (χ2n) is 6.40. The summed E-state index contributed by atoms with van der Waals surface area (Å²) in [5, 5.41) is 5.11. The molecule has 0 bridgehead atoms. The number of likely N-dealkylation sites (tertiary alicyclic amines) is 1. The van der Waals surface area contributed by atoms with Gasteiger partial charge < -0.3 is 4.90 Å². The number of hydrogen-bond donors (Lipinski definition) is 1. The molecule has 5 nitrogen and oxygen atoms in total. The monoisotopic (exact) mass is 335 g/mol. The quantitative estimate of drug-likeness (QED) is 0.890. The molecular weight excluding hydrogens is 319 g/mol. The number of nitrogens with zero attached hydrogens (tertiary/aromatic N) is 2. The zero-order valence-corrected chi connectivity index (χ0v) is 12.7. The van der Waals surface area contributed by atoms with Crippen LogP contribution in [0.2, 0.25) is 0 Å². The Morgan fingerprint density at radius 3 is 2.36 bits per heavy atom. The van der Waals surface area contributed by atoms with Gasteiger partial charge in [-0.3, -0.25) is 0 Å². The molecule has 2 aliphatic rings. The maximum atomic E-state index is 12.8. The summed E-state index contributed by atoms with van der Waals surface area (Å²) in [5.41, 5.74) is -1.02. The zero-order chi connectivity index (χ0) is 16.3. The van der Waals surface area contributed by atoms with Crippen LogP contribution in [0.5, 0.6) is 0 Å². The van der Waals surface area contributed by atoms with Crippen molar-refractivity contribution in [2.45, 2.75) is 29.8 Å². The van der Waals surface area contributed by atoms with Crippen molar-refractivity contribution < 1.29 is 21.6 Å². The minimum absolute atomic E-state index is 0.0440. The van der Waals surface area contributed by atoms with Crippen molar-refractivity contribution in [2.75, 3.05) is 20.1 Å². The van der Waals surface area contributed by atoms with E-state index in [0.29, 0.717) is 18.9 Å². The maximum absolute atomic E-state index is 12.8. The first-order valence-electron chi connectivity index (χ1n) is 6.80. The number of alkyl halides is 3. The van der Waals surface area contributed by atoms with Crippen molar-refractivity contribution in [3.05, 3.63) is 23.5 Å². The summed E-state index contributed by atoms with van der Waals surface area (Å²) >= 11 is 0. The van der Waals surface area contributed by atoms with Crippen molar-refractivity contribution in [2.24, 2.45) is 10.6 Å². The Kier molecular flexibility index (Phi) is 3.32. The van der Waals surface area contributed by atoms with Gasteiger partial charge >= 0.3 is 6.18 Å². The molecule has 1 aromatic rings. The topological polar surface area (TPSA) is 76.3 Å². The first-order valence-corrected chi connectivity index (χ1v) is 8.34. The molecule has 3 rings (SSSR count). The summed E-state index contributed by atoms with van der Waals surface area (Å²) in [5.74, 6) is -0.288. The molecule has 1 aliphatic carbocycles. The second-order valence-corrected chi connectivity index (χ2v) is 7.93. The Morgan fingerprint density at radius 1 is 1.32 bits per heavy atom. The van der Waals surface area contributed by atoms with E-state index in [1.165, 1.54) is 0 Å². The molecule has 1 aliphatic heterocycles. The van der Waals surface area contributed by atoms with Crippen LogP contribution in [-0.2, 0) is 16.2 Å². The van der Waals surface area contributed by atoms with Gasteiger partial charge in [-0.2, -0.15) is 13.2 Å². The van der Waals surface area contributed by atoms with Crippen LogP contribution in [0.25, 0.3) is 0 Å². The van der Waals surface area contributed by atoms with Gasteiger partial charge in [-0.25, -0.2) is 18.5 Å². The Hall–Kier alpha value is -1.19. The molecule has 2 N–H and O–H groups in total. The summed E-state index contributed by atoms with van der Waals surface area (Å²) in [6.45, 7) is 1.76. The molecule has 0 unspecified atom stereocenters. The zero-order valence-electron chi connectivity index (χ0n) is 11.9. The molecule has 1 spiro atoms. The van der Waals surface area contributed by atoms with Crippen molar-refractivity contribution >= 4 is 10.0 Å². The molecule has 0 amide bonds. The standard InChI is InChI=1S/C13H16F3N3O2S/c1-19-6-12(7-19)4-8(5-12)11-9(22(17,20)21)2-3-10(18-11)13(14,15)16/h2-3,8H,4-7H2,1H3,(H2,17,20,21). The lowest BCUT2D eigenvalue weighted by Crippen LogP contribution is -2.60. The smallest absolute Gasteiger partial charge is 0.305 e. The molecule has 2 fully saturated rings. The molecule has 9 heteroatoms. The number of nitrogens with two attached hydrogens (primary N) is 1. The lowest BCUT2D eigenvalue weighted by molar-refractivity contribution is -0.141. The normalized spacial score (nSPS) is 22.4. The van der Waals surface area contributed by atoms with Gasteiger partial charge in [0.1, 0.15) is 10.6 Å². The van der Waals surface area contributed by atoms with Crippen LogP contribution in [0.1, 0.15) is 30.1 Å². The Bertz CT molecular complexity index is 704. The summed E-state index contributed by atoms with van der Waals surface area (Å²) in [6, 6.07) is 1.58. The molecular formula is C13H16F3N3O2S. The average molecular weight is 335 g/mol. The SMILES string of the molecule is CN1CC2(CC(c3nc(C(F)(F)F)ccc3S(N)(=O)=O)C2)C1. The van der Waals surface area contributed by atoms with Gasteiger partial charge in [0.15, 0.2) is 0 Å². The van der Waals surface area contributed by atoms with Gasteiger partial charge in [0, 0.05) is 19.0 Å². The minimum atomic E-state index is -4.61. The van der Waals surface area contributed by atoms with Crippen LogP contribution < -0.4 is 5.14 Å². The van der Waals surface area contributed by atoms with Crippen LogP contribution in [0.3, 0.4) is 0 Å². The van der Waals surface area contributed by atoms with Gasteiger partial charge in [-0.15, -0.1) is 0 Å². The highest BCUT2D eigenvalue weighted by Crippen LogP contribution is 2.56. The molecule has 22 heavy (non-hydrogen) atoms. The third-order valence-electron chi connectivity index (χ3n) is 4.44. The van der Waals surface area contributed by atoms with E-state index in [4.69, 9.17) is 5.14 Å². The lowest BCUT2D eigenvalue weighted by Gasteiger charge is -2.58. The van der Waals surface area contributed by atoms with E-state index in [2.05, 4.69) is 9.88 Å². The molecule has 122 valence electrons. The fraction of sp³-hybridized carbons (Fsp3) is 0.615. The first-order chi connectivity index (χ1) is 10.0. The van der Waals surface area contributed by atoms with E-state index in [-0.39, 0.29) is 21.9 Å². The van der Waals surface area contributed by atoms with Crippen LogP contribution in [0.4, 0.5) is 13.2 Å². The van der Waals surface area contributed by atoms with Crippen LogP contribution in [0.15, 0.2) is 17.0 Å². The van der Waals surface area contributed by atoms with Gasteiger partial charge in [-0.1, -0.05) is 0 Å². The van der Waals surface area contributed by atoms with Crippen molar-refractivity contribution in [1.82, 2.24) is 9.88 Å². The summed E-state index contributed by atoms with van der Waals surface area (Å²) in [6.07, 6.45) is -3.31. The fourth-order valence-electron chi connectivity index (χ4n) is 3.69. The van der Waals surface area contributed by atoms with Crippen LogP contribution in [-0.4, -0.2) is 38.4 Å². The van der Waals surface area contributed by atoms with Crippen LogP contribution in [0, 0.1) is 5.41 Å². The molecule has 1 saturated carbocycles. The molecule has 1 saturated heterocycles. The number of pyridine rings is 1. The van der Waals surface area contributed by atoms with Gasteiger partial charge in [0.25, 0.3) is 0 Å². The molecule has 0 radical (unpaired) electrons. The molecule has 0 aromatic carbocycles. The second kappa shape index (κ2) is 4.65. The number of halogens is 3. The predicted octanol–water partition coefficient (Wildman–Crippen LogP) is 1.56. The number of sulfonamides is 1. The van der Waals surface area contributed by atoms with Gasteiger partial charge in [0.05, 0.1) is 5.69 Å². The van der Waals surface area contributed by atoms with Gasteiger partial charge in [0.2, 0.25) is 10.0 Å². The van der Waals surface area contributed by atoms with E-state index in [1.807, 2.05) is 7.05 Å². The maximum Gasteiger partial charge on any atom is 0.433 e. The van der Waals surface area contributed by atoms with Crippen molar-refractivity contribution in [3.8, 4) is 0 Å². The molecule has 0 atom stereocenters. The van der Waals surface area contributed by atoms with Crippen LogP contribution >= 0.6 is 0 Å². The van der Waals surface area contributed by atoms with Gasteiger partial charge in [-0.05, 0) is 37.4 Å². The van der Waals surface area contributed by atoms with E-state index in [9.17, 15) is 21.6 Å². The van der Waals surface area contributed by atoms with E-state index >= 15 is 0 Å². The highest BCUT2D eigenvalue weighted by molar-refractivity contribution is 7.89. The predicted molar refractivity (Wildman–Crippen MR) is 72.5 cm³/mol. The fourth-order valence-corrected chi connectivity index (χ4v) is 4.45. The summed E-state index contributed by atoms with van der Waals surface area (Å²) in [7, 11) is -2.12. The third kappa shape index (κ3) is 2.61. The summed E-state index contributed by atoms with van der Waals surface area (Å²) < 4.78 is 61.6. The molecule has 1 aromatic heterocycles. The average Bonchev–Trinajstić information content (AvgIpc) is 2.29. The first kappa shape index (κ1) is 15.7. The minimum Gasteiger partial charge on any atom is -0.305 e. The number of rotatable bonds is 2. The van der Waals surface area contributed by atoms with E-state index < -0.39 is 21.9 Å². The highest BCUT2D eigenvalue weighted by atomic mass is 32.2. The Morgan fingerprint density at radius 2 is 1.91 bits per heavy atom. The highest BCUT2D eigenvalue weighted by Gasteiger charge is 2.52. The number of hydrogen-bond acceptors (Lipinski definition) is 4.